The first kappa shape index (κ1) is 12.7. The normalized spacial score (nSPS) is 30.7. The minimum Gasteiger partial charge on any atom is -0.480 e. The van der Waals surface area contributed by atoms with Crippen molar-refractivity contribution in [2.45, 2.75) is 31.7 Å². The standard InChI is InChI=1S/C14H21N3O2/c1-16-8-10(7-15-16)5-6-17-9-11-3-2-4-12(11)13(17)14(18)19/h7-8,11-13H,2-6,9H2,1H3,(H,18,19). The summed E-state index contributed by atoms with van der Waals surface area (Å²) in [6, 6.07) is -0.260. The topological polar surface area (TPSA) is 58.4 Å². The molecular formula is C14H21N3O2. The summed E-state index contributed by atoms with van der Waals surface area (Å²) >= 11 is 0. The summed E-state index contributed by atoms with van der Waals surface area (Å²) in [7, 11) is 1.91. The van der Waals surface area contributed by atoms with Crippen molar-refractivity contribution in [2.75, 3.05) is 13.1 Å². The lowest BCUT2D eigenvalue weighted by Crippen LogP contribution is -2.40. The summed E-state index contributed by atoms with van der Waals surface area (Å²) in [6.07, 6.45) is 8.26. The van der Waals surface area contributed by atoms with Gasteiger partial charge in [0.25, 0.3) is 0 Å². The zero-order chi connectivity index (χ0) is 13.4. The number of nitrogens with zero attached hydrogens (tertiary/aromatic N) is 3. The van der Waals surface area contributed by atoms with Gasteiger partial charge >= 0.3 is 5.97 Å². The average molecular weight is 263 g/mol. The van der Waals surface area contributed by atoms with E-state index in [4.69, 9.17) is 0 Å². The van der Waals surface area contributed by atoms with Gasteiger partial charge < -0.3 is 5.11 Å². The fourth-order valence-electron chi connectivity index (χ4n) is 3.84. The van der Waals surface area contributed by atoms with E-state index < -0.39 is 5.97 Å². The second-order valence-electron chi connectivity index (χ2n) is 5.91. The van der Waals surface area contributed by atoms with Crippen molar-refractivity contribution in [3.05, 3.63) is 18.0 Å². The molecule has 0 spiro atoms. The van der Waals surface area contributed by atoms with Crippen molar-refractivity contribution in [1.82, 2.24) is 14.7 Å². The minimum absolute atomic E-state index is 0.260. The molecule has 1 aliphatic carbocycles. The lowest BCUT2D eigenvalue weighted by molar-refractivity contribution is -0.143. The Morgan fingerprint density at radius 1 is 1.53 bits per heavy atom. The summed E-state index contributed by atoms with van der Waals surface area (Å²) in [6.45, 7) is 1.79. The van der Waals surface area contributed by atoms with Crippen molar-refractivity contribution in [3.63, 3.8) is 0 Å². The first-order valence-corrected chi connectivity index (χ1v) is 7.09. The van der Waals surface area contributed by atoms with Crippen molar-refractivity contribution in [1.29, 1.82) is 0 Å². The van der Waals surface area contributed by atoms with E-state index in [9.17, 15) is 9.90 Å². The summed E-state index contributed by atoms with van der Waals surface area (Å²) in [5.74, 6) is 0.349. The first-order chi connectivity index (χ1) is 9.15. The Labute approximate surface area is 113 Å². The smallest absolute Gasteiger partial charge is 0.321 e. The van der Waals surface area contributed by atoms with Crippen LogP contribution in [-0.4, -0.2) is 44.9 Å². The Balaban J connectivity index is 1.65. The van der Waals surface area contributed by atoms with E-state index in [1.54, 1.807) is 4.68 Å². The highest BCUT2D eigenvalue weighted by Crippen LogP contribution is 2.42. The van der Waals surface area contributed by atoms with Crippen molar-refractivity contribution >= 4 is 5.97 Å². The second-order valence-corrected chi connectivity index (χ2v) is 5.91. The van der Waals surface area contributed by atoms with Crippen LogP contribution in [0.1, 0.15) is 24.8 Å². The molecule has 0 bridgehead atoms. The van der Waals surface area contributed by atoms with Crippen LogP contribution in [0.2, 0.25) is 0 Å². The number of rotatable bonds is 4. The lowest BCUT2D eigenvalue weighted by Gasteiger charge is -2.23. The Kier molecular flexibility index (Phi) is 3.31. The molecule has 5 nitrogen and oxygen atoms in total. The summed E-state index contributed by atoms with van der Waals surface area (Å²) in [5.41, 5.74) is 1.18. The molecule has 1 saturated carbocycles. The number of hydrogen-bond donors (Lipinski definition) is 1. The van der Waals surface area contributed by atoms with Gasteiger partial charge in [-0.15, -0.1) is 0 Å². The van der Waals surface area contributed by atoms with Gasteiger partial charge in [-0.1, -0.05) is 6.42 Å². The molecule has 2 aliphatic rings. The zero-order valence-electron chi connectivity index (χ0n) is 11.3. The number of aromatic nitrogens is 2. The van der Waals surface area contributed by atoms with Gasteiger partial charge in [0.15, 0.2) is 0 Å². The van der Waals surface area contributed by atoms with E-state index in [2.05, 4.69) is 10.00 Å². The van der Waals surface area contributed by atoms with Crippen LogP contribution in [0.3, 0.4) is 0 Å². The highest BCUT2D eigenvalue weighted by molar-refractivity contribution is 5.74. The van der Waals surface area contributed by atoms with Crippen LogP contribution in [0.4, 0.5) is 0 Å². The largest absolute Gasteiger partial charge is 0.480 e. The third-order valence-corrected chi connectivity index (χ3v) is 4.68. The Morgan fingerprint density at radius 2 is 2.37 bits per heavy atom. The molecule has 1 N–H and O–H groups in total. The third kappa shape index (κ3) is 2.39. The van der Waals surface area contributed by atoms with Crippen LogP contribution >= 0.6 is 0 Å². The van der Waals surface area contributed by atoms with Crippen LogP contribution in [0.25, 0.3) is 0 Å². The van der Waals surface area contributed by atoms with E-state index in [-0.39, 0.29) is 6.04 Å². The van der Waals surface area contributed by atoms with E-state index in [1.807, 2.05) is 19.4 Å². The number of fused-ring (bicyclic) bond motifs is 1. The second kappa shape index (κ2) is 4.96. The van der Waals surface area contributed by atoms with Crippen molar-refractivity contribution in [2.24, 2.45) is 18.9 Å². The number of hydrogen-bond acceptors (Lipinski definition) is 3. The van der Waals surface area contributed by atoms with Crippen LogP contribution in [0, 0.1) is 11.8 Å². The molecule has 1 aliphatic heterocycles. The molecule has 3 atom stereocenters. The Morgan fingerprint density at radius 3 is 3.05 bits per heavy atom. The number of carboxylic acids is 1. The monoisotopic (exact) mass is 263 g/mol. The maximum absolute atomic E-state index is 11.5. The number of carbonyl (C=O) groups is 1. The fraction of sp³-hybridized carbons (Fsp3) is 0.714. The van der Waals surface area contributed by atoms with Gasteiger partial charge in [0.1, 0.15) is 6.04 Å². The molecule has 1 saturated heterocycles. The molecule has 104 valence electrons. The molecule has 2 fully saturated rings. The van der Waals surface area contributed by atoms with Gasteiger partial charge in [0.05, 0.1) is 6.20 Å². The molecule has 19 heavy (non-hydrogen) atoms. The van der Waals surface area contributed by atoms with Crippen molar-refractivity contribution < 1.29 is 9.90 Å². The van der Waals surface area contributed by atoms with E-state index in [1.165, 1.54) is 18.4 Å². The summed E-state index contributed by atoms with van der Waals surface area (Å²) < 4.78 is 1.79. The highest BCUT2D eigenvalue weighted by Gasteiger charge is 2.47. The number of likely N-dealkylation sites (tertiary alicyclic amines) is 1. The van der Waals surface area contributed by atoms with E-state index in [0.29, 0.717) is 11.8 Å². The Hall–Kier alpha value is -1.36. The van der Waals surface area contributed by atoms with Gasteiger partial charge in [-0.3, -0.25) is 14.4 Å². The molecule has 5 heteroatoms. The Bertz CT molecular complexity index is 471. The van der Waals surface area contributed by atoms with Gasteiger partial charge in [-0.05, 0) is 36.7 Å². The lowest BCUT2D eigenvalue weighted by atomic mass is 9.94. The summed E-state index contributed by atoms with van der Waals surface area (Å²) in [4.78, 5) is 13.7. The molecule has 2 heterocycles. The first-order valence-electron chi connectivity index (χ1n) is 7.09. The van der Waals surface area contributed by atoms with Gasteiger partial charge in [-0.25, -0.2) is 0 Å². The van der Waals surface area contributed by atoms with Crippen molar-refractivity contribution in [3.8, 4) is 0 Å². The maximum Gasteiger partial charge on any atom is 0.321 e. The number of carboxylic acid groups (broad SMARTS) is 1. The fourth-order valence-corrected chi connectivity index (χ4v) is 3.84. The predicted molar refractivity (Wildman–Crippen MR) is 70.7 cm³/mol. The average Bonchev–Trinajstić information content (AvgIpc) is 3.00. The van der Waals surface area contributed by atoms with Gasteiger partial charge in [-0.2, -0.15) is 5.10 Å². The molecule has 3 unspecified atom stereocenters. The molecule has 3 rings (SSSR count). The maximum atomic E-state index is 11.5. The molecule has 1 aromatic heterocycles. The molecule has 0 radical (unpaired) electrons. The van der Waals surface area contributed by atoms with Gasteiger partial charge in [0, 0.05) is 26.3 Å². The van der Waals surface area contributed by atoms with E-state index >= 15 is 0 Å². The molecule has 1 aromatic rings. The quantitative estimate of drug-likeness (QED) is 0.885. The SMILES string of the molecule is Cn1cc(CCN2CC3CCCC3C2C(=O)O)cn1. The molecule has 0 amide bonds. The van der Waals surface area contributed by atoms with Gasteiger partial charge in [0.2, 0.25) is 0 Å². The summed E-state index contributed by atoms with van der Waals surface area (Å²) in [5, 5.41) is 13.6. The van der Waals surface area contributed by atoms with Crippen LogP contribution < -0.4 is 0 Å². The van der Waals surface area contributed by atoms with E-state index in [0.717, 1.165) is 25.9 Å². The number of aliphatic carboxylic acids is 1. The van der Waals surface area contributed by atoms with Crippen LogP contribution in [-0.2, 0) is 18.3 Å². The minimum atomic E-state index is -0.638. The third-order valence-electron chi connectivity index (χ3n) is 4.68. The zero-order valence-corrected chi connectivity index (χ0v) is 11.3. The number of aryl methyl sites for hydroxylation is 1. The predicted octanol–water partition coefficient (Wildman–Crippen LogP) is 1.15. The molecule has 0 aromatic carbocycles. The van der Waals surface area contributed by atoms with Crippen LogP contribution in [0.5, 0.6) is 0 Å². The highest BCUT2D eigenvalue weighted by atomic mass is 16.4. The van der Waals surface area contributed by atoms with Crippen LogP contribution in [0.15, 0.2) is 12.4 Å². The molecular weight excluding hydrogens is 242 g/mol.